The molecule has 1 aromatic heterocycles. The molecule has 10 aromatic rings. The van der Waals surface area contributed by atoms with Gasteiger partial charge in [0.05, 0.1) is 11.0 Å². The highest BCUT2D eigenvalue weighted by Gasteiger charge is 2.36. The lowest BCUT2D eigenvalue weighted by molar-refractivity contribution is 0.661. The second kappa shape index (κ2) is 13.9. The Morgan fingerprint density at radius 3 is 1.32 bits per heavy atom. The summed E-state index contributed by atoms with van der Waals surface area (Å²) in [5.74, 6) is 0. The first-order valence-electron chi connectivity index (χ1n) is 20.5. The Balaban J connectivity index is 1.12. The molecule has 0 N–H and O–H groups in total. The van der Waals surface area contributed by atoms with Gasteiger partial charge in [0.25, 0.3) is 0 Å². The van der Waals surface area contributed by atoms with Gasteiger partial charge in [-0.3, -0.25) is 0 Å². The predicted octanol–water partition coefficient (Wildman–Crippen LogP) is 15.6. The van der Waals surface area contributed by atoms with Crippen molar-refractivity contribution in [2.75, 3.05) is 4.90 Å². The number of hydrogen-bond donors (Lipinski definition) is 0. The molecular formula is C57H42N2. The molecule has 11 rings (SSSR count). The van der Waals surface area contributed by atoms with Crippen molar-refractivity contribution in [3.05, 3.63) is 230 Å². The molecule has 0 spiro atoms. The topological polar surface area (TPSA) is 8.17 Å². The molecule has 59 heavy (non-hydrogen) atoms. The fraction of sp³-hybridized carbons (Fsp3) is 0.0526. The van der Waals surface area contributed by atoms with E-state index in [2.05, 4.69) is 242 Å². The fourth-order valence-corrected chi connectivity index (χ4v) is 9.36. The van der Waals surface area contributed by atoms with E-state index < -0.39 is 0 Å². The van der Waals surface area contributed by atoms with Crippen LogP contribution in [0.1, 0.15) is 25.0 Å². The zero-order valence-corrected chi connectivity index (χ0v) is 33.2. The van der Waals surface area contributed by atoms with Crippen LogP contribution in [0.25, 0.3) is 72.0 Å². The van der Waals surface area contributed by atoms with Crippen molar-refractivity contribution >= 4 is 38.9 Å². The zero-order chi connectivity index (χ0) is 39.5. The van der Waals surface area contributed by atoms with E-state index in [9.17, 15) is 0 Å². The number of fused-ring (bicyclic) bond motifs is 6. The smallest absolute Gasteiger partial charge is 0.0561 e. The van der Waals surface area contributed by atoms with Gasteiger partial charge in [0.1, 0.15) is 0 Å². The van der Waals surface area contributed by atoms with Crippen molar-refractivity contribution in [3.63, 3.8) is 0 Å². The van der Waals surface area contributed by atoms with E-state index in [4.69, 9.17) is 0 Å². The van der Waals surface area contributed by atoms with Crippen LogP contribution in [-0.2, 0) is 5.41 Å². The van der Waals surface area contributed by atoms with E-state index in [0.717, 1.165) is 22.7 Å². The largest absolute Gasteiger partial charge is 0.310 e. The van der Waals surface area contributed by atoms with Crippen molar-refractivity contribution in [1.82, 2.24) is 4.57 Å². The van der Waals surface area contributed by atoms with Crippen LogP contribution < -0.4 is 4.90 Å². The molecule has 1 aliphatic carbocycles. The number of benzene rings is 9. The molecular weight excluding hydrogens is 713 g/mol. The van der Waals surface area contributed by atoms with Gasteiger partial charge in [-0.05, 0) is 116 Å². The molecule has 0 amide bonds. The average molecular weight is 755 g/mol. The summed E-state index contributed by atoms with van der Waals surface area (Å²) >= 11 is 0. The first kappa shape index (κ1) is 34.8. The summed E-state index contributed by atoms with van der Waals surface area (Å²) in [6.07, 6.45) is 0. The molecule has 2 heteroatoms. The lowest BCUT2D eigenvalue weighted by Crippen LogP contribution is -2.14. The third-order valence-electron chi connectivity index (χ3n) is 12.4. The Bertz CT molecular complexity index is 3040. The van der Waals surface area contributed by atoms with E-state index in [0.29, 0.717) is 0 Å². The Morgan fingerprint density at radius 1 is 0.339 bits per heavy atom. The van der Waals surface area contributed by atoms with Gasteiger partial charge in [-0.25, -0.2) is 0 Å². The Morgan fingerprint density at radius 2 is 0.780 bits per heavy atom. The summed E-state index contributed by atoms with van der Waals surface area (Å²) in [4.78, 5) is 2.39. The average Bonchev–Trinajstić information content (AvgIpc) is 3.74. The summed E-state index contributed by atoms with van der Waals surface area (Å²) in [7, 11) is 0. The first-order valence-corrected chi connectivity index (χ1v) is 20.5. The number of nitrogens with zero attached hydrogens (tertiary/aromatic N) is 2. The van der Waals surface area contributed by atoms with E-state index in [1.165, 1.54) is 77.4 Å². The standard InChI is InChI=1S/C57H42N2/c1-57(2)53-21-13-12-20-49(53)51-37-52-50-35-34-48(36-55(50)59(56(52)38-54(51)57)47-32-26-44(27-33-47)41-18-10-5-11-19-41)58(45-28-22-42(23-29-45)39-14-6-3-7-15-39)46-30-24-43(25-31-46)40-16-8-4-9-17-40/h3-38H,1-2H3. The van der Waals surface area contributed by atoms with Crippen LogP contribution in [-0.4, -0.2) is 4.57 Å². The molecule has 0 saturated heterocycles. The highest BCUT2D eigenvalue weighted by Crippen LogP contribution is 2.51. The predicted molar refractivity (Wildman–Crippen MR) is 249 cm³/mol. The van der Waals surface area contributed by atoms with E-state index in [1.54, 1.807) is 0 Å². The molecule has 0 aliphatic heterocycles. The fourth-order valence-electron chi connectivity index (χ4n) is 9.36. The van der Waals surface area contributed by atoms with Gasteiger partial charge in [-0.2, -0.15) is 0 Å². The summed E-state index contributed by atoms with van der Waals surface area (Å²) in [5, 5.41) is 2.50. The molecule has 1 heterocycles. The number of anilines is 3. The van der Waals surface area contributed by atoms with Gasteiger partial charge in [0.15, 0.2) is 0 Å². The van der Waals surface area contributed by atoms with Gasteiger partial charge in [0.2, 0.25) is 0 Å². The van der Waals surface area contributed by atoms with Crippen molar-refractivity contribution in [1.29, 1.82) is 0 Å². The van der Waals surface area contributed by atoms with Crippen LogP contribution in [0.15, 0.2) is 218 Å². The lowest BCUT2D eigenvalue weighted by atomic mass is 9.82. The molecule has 280 valence electrons. The minimum atomic E-state index is -0.113. The van der Waals surface area contributed by atoms with Crippen molar-refractivity contribution in [3.8, 4) is 50.2 Å². The van der Waals surface area contributed by atoms with Crippen LogP contribution in [0.2, 0.25) is 0 Å². The molecule has 0 unspecified atom stereocenters. The molecule has 0 bridgehead atoms. The van der Waals surface area contributed by atoms with Crippen molar-refractivity contribution in [2.45, 2.75) is 19.3 Å². The van der Waals surface area contributed by atoms with E-state index in [-0.39, 0.29) is 5.41 Å². The Kier molecular flexibility index (Phi) is 8.20. The van der Waals surface area contributed by atoms with E-state index >= 15 is 0 Å². The molecule has 2 nitrogen and oxygen atoms in total. The highest BCUT2D eigenvalue weighted by atomic mass is 15.1. The molecule has 9 aromatic carbocycles. The van der Waals surface area contributed by atoms with Gasteiger partial charge in [-0.15, -0.1) is 0 Å². The van der Waals surface area contributed by atoms with Crippen LogP contribution in [0, 0.1) is 0 Å². The minimum Gasteiger partial charge on any atom is -0.310 e. The maximum Gasteiger partial charge on any atom is 0.0561 e. The maximum atomic E-state index is 2.48. The Labute approximate surface area is 345 Å². The first-order chi connectivity index (χ1) is 29.0. The molecule has 1 aliphatic rings. The van der Waals surface area contributed by atoms with Crippen LogP contribution in [0.4, 0.5) is 17.1 Å². The molecule has 0 radical (unpaired) electrons. The number of rotatable bonds is 7. The number of aromatic nitrogens is 1. The van der Waals surface area contributed by atoms with Crippen molar-refractivity contribution < 1.29 is 0 Å². The number of hydrogen-bond acceptors (Lipinski definition) is 1. The zero-order valence-electron chi connectivity index (χ0n) is 33.2. The third-order valence-corrected chi connectivity index (χ3v) is 12.4. The highest BCUT2D eigenvalue weighted by molar-refractivity contribution is 6.12. The summed E-state index contributed by atoms with van der Waals surface area (Å²) in [6, 6.07) is 79.8. The minimum absolute atomic E-state index is 0.113. The lowest BCUT2D eigenvalue weighted by Gasteiger charge is -2.26. The molecule has 0 saturated carbocycles. The normalized spacial score (nSPS) is 12.7. The second-order valence-electron chi connectivity index (χ2n) is 16.2. The Hall–Kier alpha value is -7.42. The van der Waals surface area contributed by atoms with Crippen LogP contribution in [0.5, 0.6) is 0 Å². The van der Waals surface area contributed by atoms with Gasteiger partial charge in [-0.1, -0.05) is 172 Å². The van der Waals surface area contributed by atoms with Gasteiger partial charge < -0.3 is 9.47 Å². The quantitative estimate of drug-likeness (QED) is 0.157. The maximum absolute atomic E-state index is 2.48. The molecule has 0 fully saturated rings. The van der Waals surface area contributed by atoms with Crippen molar-refractivity contribution in [2.24, 2.45) is 0 Å². The molecule has 0 atom stereocenters. The van der Waals surface area contributed by atoms with E-state index in [1.807, 2.05) is 0 Å². The summed E-state index contributed by atoms with van der Waals surface area (Å²) in [6.45, 7) is 4.74. The second-order valence-corrected chi connectivity index (χ2v) is 16.2. The van der Waals surface area contributed by atoms with Gasteiger partial charge >= 0.3 is 0 Å². The third kappa shape index (κ3) is 5.87. The monoisotopic (exact) mass is 754 g/mol. The van der Waals surface area contributed by atoms with Crippen LogP contribution in [0.3, 0.4) is 0 Å². The van der Waals surface area contributed by atoms with Gasteiger partial charge in [0, 0.05) is 38.9 Å². The SMILES string of the molecule is CC1(C)c2ccccc2-c2cc3c4ccc(N(c5ccc(-c6ccccc6)cc5)c5ccc(-c6ccccc6)cc5)cc4n(-c4ccc(-c5ccccc5)cc4)c3cc21. The summed E-state index contributed by atoms with van der Waals surface area (Å²) in [5.41, 5.74) is 19.4. The van der Waals surface area contributed by atoms with Crippen LogP contribution >= 0.6 is 0 Å². The summed E-state index contributed by atoms with van der Waals surface area (Å²) < 4.78 is 2.48.